The van der Waals surface area contributed by atoms with E-state index in [1.165, 1.54) is 62.4 Å². The van der Waals surface area contributed by atoms with E-state index in [1.807, 2.05) is 0 Å². The number of rotatable bonds is 7. The number of amides is 1. The number of anilines is 1. The zero-order chi connectivity index (χ0) is 25.1. The molecular formula is C25H24FN3O7. The highest BCUT2D eigenvalue weighted by Crippen LogP contribution is 2.40. The third-order valence-electron chi connectivity index (χ3n) is 5.43. The van der Waals surface area contributed by atoms with Crippen LogP contribution in [0.2, 0.25) is 0 Å². The Labute approximate surface area is 204 Å². The first-order valence-electron chi connectivity index (χ1n) is 10.5. The number of halogens is 1. The SMILES string of the molecule is COc1cc(NC(=O)c2cn(Cc3ccccc3F)c3ccc(=O)[nH]c3c2=O)cc(OC)c1OC.O. The van der Waals surface area contributed by atoms with Crippen LogP contribution >= 0.6 is 0 Å². The number of H-pyrrole nitrogens is 1. The van der Waals surface area contributed by atoms with Crippen LogP contribution in [-0.2, 0) is 6.54 Å². The van der Waals surface area contributed by atoms with Gasteiger partial charge in [0.25, 0.3) is 5.91 Å². The van der Waals surface area contributed by atoms with E-state index >= 15 is 0 Å². The molecule has 4 N–H and O–H groups in total. The Balaban J connectivity index is 0.00000361. The zero-order valence-corrected chi connectivity index (χ0v) is 19.7. The van der Waals surface area contributed by atoms with Crippen LogP contribution in [0.15, 0.2) is 64.3 Å². The second-order valence-corrected chi connectivity index (χ2v) is 7.54. The molecule has 1 amide bonds. The highest BCUT2D eigenvalue weighted by Gasteiger charge is 2.19. The van der Waals surface area contributed by atoms with Crippen molar-refractivity contribution in [2.75, 3.05) is 26.6 Å². The number of nitrogens with one attached hydrogen (secondary N) is 2. The Hall–Kier alpha value is -4.64. The predicted molar refractivity (Wildman–Crippen MR) is 132 cm³/mol. The van der Waals surface area contributed by atoms with E-state index in [2.05, 4.69) is 10.3 Å². The molecule has 188 valence electrons. The second-order valence-electron chi connectivity index (χ2n) is 7.54. The molecule has 11 heteroatoms. The molecule has 36 heavy (non-hydrogen) atoms. The van der Waals surface area contributed by atoms with Crippen LogP contribution in [0.25, 0.3) is 11.0 Å². The number of carbonyl (C=O) groups is 1. The number of nitrogens with zero attached hydrogens (tertiary/aromatic N) is 1. The minimum atomic E-state index is -0.738. The summed E-state index contributed by atoms with van der Waals surface area (Å²) >= 11 is 0. The van der Waals surface area contributed by atoms with Gasteiger partial charge >= 0.3 is 0 Å². The van der Waals surface area contributed by atoms with Gasteiger partial charge in [-0.25, -0.2) is 4.39 Å². The summed E-state index contributed by atoms with van der Waals surface area (Å²) in [5.74, 6) is -0.224. The van der Waals surface area contributed by atoms with Gasteiger partial charge in [-0.2, -0.15) is 0 Å². The molecule has 0 unspecified atom stereocenters. The summed E-state index contributed by atoms with van der Waals surface area (Å²) < 4.78 is 31.7. The Bertz CT molecular complexity index is 1520. The van der Waals surface area contributed by atoms with Crippen molar-refractivity contribution in [3.05, 3.63) is 92.2 Å². The summed E-state index contributed by atoms with van der Waals surface area (Å²) in [7, 11) is 4.32. The van der Waals surface area contributed by atoms with Crippen molar-refractivity contribution in [3.63, 3.8) is 0 Å². The Morgan fingerprint density at radius 1 is 1.00 bits per heavy atom. The Morgan fingerprint density at radius 2 is 1.67 bits per heavy atom. The van der Waals surface area contributed by atoms with Crippen molar-refractivity contribution in [2.24, 2.45) is 0 Å². The third kappa shape index (κ3) is 4.91. The average Bonchev–Trinajstić information content (AvgIpc) is 2.86. The number of ether oxygens (including phenoxy) is 3. The molecule has 2 heterocycles. The molecule has 0 aliphatic rings. The van der Waals surface area contributed by atoms with E-state index in [1.54, 1.807) is 18.2 Å². The van der Waals surface area contributed by atoms with Gasteiger partial charge in [0, 0.05) is 35.6 Å². The molecule has 2 aromatic carbocycles. The number of carbonyl (C=O) groups excluding carboxylic acids is 1. The highest BCUT2D eigenvalue weighted by atomic mass is 19.1. The highest BCUT2D eigenvalue weighted by molar-refractivity contribution is 6.05. The lowest BCUT2D eigenvalue weighted by atomic mass is 10.1. The summed E-state index contributed by atoms with van der Waals surface area (Å²) in [6.07, 6.45) is 1.34. The number of methoxy groups -OCH3 is 3. The summed E-state index contributed by atoms with van der Waals surface area (Å²) in [5.41, 5.74) is -0.509. The number of aromatic amines is 1. The lowest BCUT2D eigenvalue weighted by Gasteiger charge is -2.16. The molecule has 0 bridgehead atoms. The van der Waals surface area contributed by atoms with Gasteiger partial charge in [0.1, 0.15) is 16.9 Å². The van der Waals surface area contributed by atoms with Gasteiger partial charge in [-0.15, -0.1) is 0 Å². The number of fused-ring (bicyclic) bond motifs is 1. The average molecular weight is 497 g/mol. The van der Waals surface area contributed by atoms with Crippen molar-refractivity contribution < 1.29 is 28.9 Å². The molecule has 0 aliphatic carbocycles. The molecule has 2 aromatic heterocycles. The molecule has 0 aliphatic heterocycles. The van der Waals surface area contributed by atoms with Crippen molar-refractivity contribution in [2.45, 2.75) is 6.54 Å². The monoisotopic (exact) mass is 497 g/mol. The minimum absolute atomic E-state index is 0. The van der Waals surface area contributed by atoms with Crippen LogP contribution < -0.4 is 30.5 Å². The lowest BCUT2D eigenvalue weighted by Crippen LogP contribution is -2.26. The maximum Gasteiger partial charge on any atom is 0.261 e. The molecule has 0 spiro atoms. The van der Waals surface area contributed by atoms with Gasteiger partial charge in [0.2, 0.25) is 16.7 Å². The molecule has 0 saturated carbocycles. The standard InChI is InChI=1S/C25H22FN3O6.H2O/c1-33-19-10-15(11-20(34-2)24(19)35-3)27-25(32)16-13-29(12-14-6-4-5-7-17(14)26)18-8-9-21(30)28-22(18)23(16)31;/h4-11,13H,12H2,1-3H3,(H,27,32)(H,28,30);1H2. The molecule has 4 rings (SSSR count). The van der Waals surface area contributed by atoms with E-state index in [0.717, 1.165) is 0 Å². The van der Waals surface area contributed by atoms with Crippen LogP contribution in [0, 0.1) is 5.82 Å². The van der Waals surface area contributed by atoms with Crippen LogP contribution in [0.1, 0.15) is 15.9 Å². The Morgan fingerprint density at radius 3 is 2.28 bits per heavy atom. The Kier molecular flexibility index (Phi) is 7.75. The fraction of sp³-hybridized carbons (Fsp3) is 0.160. The van der Waals surface area contributed by atoms with E-state index < -0.39 is 22.7 Å². The zero-order valence-electron chi connectivity index (χ0n) is 19.7. The van der Waals surface area contributed by atoms with Gasteiger partial charge in [-0.3, -0.25) is 14.4 Å². The molecule has 0 saturated heterocycles. The molecule has 0 radical (unpaired) electrons. The van der Waals surface area contributed by atoms with Crippen molar-refractivity contribution in [1.82, 2.24) is 9.55 Å². The molecule has 0 fully saturated rings. The molecule has 0 atom stereocenters. The lowest BCUT2D eigenvalue weighted by molar-refractivity contribution is 0.102. The van der Waals surface area contributed by atoms with E-state index in [0.29, 0.717) is 28.3 Å². The fourth-order valence-corrected chi connectivity index (χ4v) is 3.75. The van der Waals surface area contributed by atoms with Gasteiger partial charge in [-0.1, -0.05) is 18.2 Å². The third-order valence-corrected chi connectivity index (χ3v) is 5.43. The number of hydrogen-bond donors (Lipinski definition) is 2. The summed E-state index contributed by atoms with van der Waals surface area (Å²) in [5, 5.41) is 2.65. The number of aromatic nitrogens is 2. The van der Waals surface area contributed by atoms with Gasteiger partial charge in [0.05, 0.1) is 33.4 Å². The largest absolute Gasteiger partial charge is 0.493 e. The van der Waals surface area contributed by atoms with Crippen molar-refractivity contribution in [3.8, 4) is 17.2 Å². The first-order valence-corrected chi connectivity index (χ1v) is 10.5. The number of pyridine rings is 2. The first kappa shape index (κ1) is 26.0. The predicted octanol–water partition coefficient (Wildman–Crippen LogP) is 2.33. The quantitative estimate of drug-likeness (QED) is 0.401. The molecule has 10 nitrogen and oxygen atoms in total. The number of hydrogen-bond acceptors (Lipinski definition) is 6. The van der Waals surface area contributed by atoms with Crippen LogP contribution in [0.3, 0.4) is 0 Å². The first-order chi connectivity index (χ1) is 16.9. The van der Waals surface area contributed by atoms with Gasteiger partial charge in [0.15, 0.2) is 11.5 Å². The van der Waals surface area contributed by atoms with Crippen LogP contribution in [0.4, 0.5) is 10.1 Å². The van der Waals surface area contributed by atoms with Crippen molar-refractivity contribution in [1.29, 1.82) is 0 Å². The fourth-order valence-electron chi connectivity index (χ4n) is 3.75. The van der Waals surface area contributed by atoms with Crippen LogP contribution in [0.5, 0.6) is 17.2 Å². The minimum Gasteiger partial charge on any atom is -0.493 e. The number of benzene rings is 2. The molecular weight excluding hydrogens is 473 g/mol. The second kappa shape index (κ2) is 10.7. The topological polar surface area (TPSA) is 143 Å². The van der Waals surface area contributed by atoms with E-state index in [-0.39, 0.29) is 28.8 Å². The van der Waals surface area contributed by atoms with Crippen LogP contribution in [-0.4, -0.2) is 42.3 Å². The summed E-state index contributed by atoms with van der Waals surface area (Å²) in [6.45, 7) is 0.0277. The normalized spacial score (nSPS) is 10.4. The van der Waals surface area contributed by atoms with Gasteiger partial charge < -0.3 is 34.6 Å². The molecule has 4 aromatic rings. The summed E-state index contributed by atoms with van der Waals surface area (Å²) in [4.78, 5) is 40.7. The van der Waals surface area contributed by atoms with Crippen molar-refractivity contribution >= 4 is 22.6 Å². The van der Waals surface area contributed by atoms with E-state index in [9.17, 15) is 18.8 Å². The van der Waals surface area contributed by atoms with E-state index in [4.69, 9.17) is 14.2 Å². The van der Waals surface area contributed by atoms with Gasteiger partial charge in [-0.05, 0) is 12.1 Å². The smallest absolute Gasteiger partial charge is 0.261 e. The maximum absolute atomic E-state index is 14.3. The maximum atomic E-state index is 14.3. The summed E-state index contributed by atoms with van der Waals surface area (Å²) in [6, 6.07) is 11.9.